The second kappa shape index (κ2) is 6.29. The van der Waals surface area contributed by atoms with Gasteiger partial charge < -0.3 is 9.84 Å². The van der Waals surface area contributed by atoms with Crippen molar-refractivity contribution in [3.8, 4) is 5.75 Å². The van der Waals surface area contributed by atoms with E-state index >= 15 is 0 Å². The topological polar surface area (TPSA) is 83.9 Å². The zero-order valence-electron chi connectivity index (χ0n) is 10.9. The fourth-order valence-electron chi connectivity index (χ4n) is 2.06. The Labute approximate surface area is 115 Å². The molecule has 6 heteroatoms. The lowest BCUT2D eigenvalue weighted by Crippen LogP contribution is -2.33. The van der Waals surface area contributed by atoms with Gasteiger partial charge in [-0.3, -0.25) is 19.3 Å². The quantitative estimate of drug-likeness (QED) is 0.605. The van der Waals surface area contributed by atoms with Gasteiger partial charge in [0, 0.05) is 24.0 Å². The molecule has 0 aliphatic carbocycles. The number of carbonyl (C=O) groups is 3. The van der Waals surface area contributed by atoms with Crippen LogP contribution in [0.1, 0.15) is 28.8 Å². The molecule has 1 aromatic carbocycles. The SMILES string of the molecule is O=Cc1ccc(OCCN2C(=O)CCC2=O)c(CO)c1. The van der Waals surface area contributed by atoms with Gasteiger partial charge in [-0.1, -0.05) is 0 Å². The van der Waals surface area contributed by atoms with Crippen molar-refractivity contribution >= 4 is 18.1 Å². The van der Waals surface area contributed by atoms with E-state index in [9.17, 15) is 19.5 Å². The van der Waals surface area contributed by atoms with Crippen molar-refractivity contribution in [2.45, 2.75) is 19.4 Å². The van der Waals surface area contributed by atoms with Gasteiger partial charge in [0.25, 0.3) is 0 Å². The van der Waals surface area contributed by atoms with E-state index in [1.54, 1.807) is 12.1 Å². The number of amides is 2. The highest BCUT2D eigenvalue weighted by Crippen LogP contribution is 2.20. The number of aliphatic hydroxyl groups is 1. The van der Waals surface area contributed by atoms with Crippen LogP contribution in [0.15, 0.2) is 18.2 Å². The van der Waals surface area contributed by atoms with E-state index in [1.165, 1.54) is 11.0 Å². The fourth-order valence-corrected chi connectivity index (χ4v) is 2.06. The van der Waals surface area contributed by atoms with Crippen LogP contribution in [0.3, 0.4) is 0 Å². The molecule has 1 heterocycles. The standard InChI is InChI=1S/C14H15NO5/c16-8-10-1-2-12(11(7-10)9-17)20-6-5-15-13(18)3-4-14(15)19/h1-2,7-8,17H,3-6,9H2. The molecule has 106 valence electrons. The monoisotopic (exact) mass is 277 g/mol. The summed E-state index contributed by atoms with van der Waals surface area (Å²) >= 11 is 0. The predicted molar refractivity (Wildman–Crippen MR) is 69.2 cm³/mol. The minimum absolute atomic E-state index is 0.158. The average Bonchev–Trinajstić information content (AvgIpc) is 2.79. The Morgan fingerprint density at radius 1 is 1.25 bits per heavy atom. The summed E-state index contributed by atoms with van der Waals surface area (Å²) in [5.74, 6) is 0.0757. The number of imide groups is 1. The van der Waals surface area contributed by atoms with Gasteiger partial charge in [0.05, 0.1) is 13.2 Å². The van der Waals surface area contributed by atoms with Crippen molar-refractivity contribution in [2.24, 2.45) is 0 Å². The lowest BCUT2D eigenvalue weighted by Gasteiger charge is -2.15. The summed E-state index contributed by atoms with van der Waals surface area (Å²) in [7, 11) is 0. The van der Waals surface area contributed by atoms with E-state index in [0.29, 0.717) is 23.2 Å². The highest BCUT2D eigenvalue weighted by atomic mass is 16.5. The molecule has 20 heavy (non-hydrogen) atoms. The number of hydrogen-bond acceptors (Lipinski definition) is 5. The third kappa shape index (κ3) is 3.03. The Morgan fingerprint density at radius 3 is 2.55 bits per heavy atom. The second-order valence-corrected chi connectivity index (χ2v) is 4.43. The predicted octanol–water partition coefficient (Wildman–Crippen LogP) is 0.519. The zero-order valence-corrected chi connectivity index (χ0v) is 10.9. The molecule has 1 N–H and O–H groups in total. The summed E-state index contributed by atoms with van der Waals surface area (Å²) in [6, 6.07) is 4.70. The molecule has 0 unspecified atom stereocenters. The molecule has 6 nitrogen and oxygen atoms in total. The Hall–Kier alpha value is -2.21. The first-order valence-electron chi connectivity index (χ1n) is 6.30. The van der Waals surface area contributed by atoms with Crippen molar-refractivity contribution in [1.29, 1.82) is 0 Å². The molecule has 1 aromatic rings. The third-order valence-corrected chi connectivity index (χ3v) is 3.12. The lowest BCUT2D eigenvalue weighted by atomic mass is 10.1. The lowest BCUT2D eigenvalue weighted by molar-refractivity contribution is -0.138. The van der Waals surface area contributed by atoms with Crippen LogP contribution < -0.4 is 4.74 Å². The van der Waals surface area contributed by atoms with Crippen LogP contribution in [0, 0.1) is 0 Å². The minimum Gasteiger partial charge on any atom is -0.491 e. The van der Waals surface area contributed by atoms with E-state index in [1.807, 2.05) is 0 Å². The van der Waals surface area contributed by atoms with Gasteiger partial charge in [-0.15, -0.1) is 0 Å². The molecular formula is C14H15NO5. The highest BCUT2D eigenvalue weighted by Gasteiger charge is 2.28. The molecule has 0 atom stereocenters. The number of hydrogen-bond donors (Lipinski definition) is 1. The zero-order chi connectivity index (χ0) is 14.5. The summed E-state index contributed by atoms with van der Waals surface area (Å²) in [6.07, 6.45) is 1.20. The maximum Gasteiger partial charge on any atom is 0.229 e. The third-order valence-electron chi connectivity index (χ3n) is 3.12. The highest BCUT2D eigenvalue weighted by molar-refractivity contribution is 6.01. The first-order chi connectivity index (χ1) is 9.65. The van der Waals surface area contributed by atoms with Gasteiger partial charge in [-0.25, -0.2) is 0 Å². The maximum absolute atomic E-state index is 11.4. The molecule has 1 aliphatic heterocycles. The number of carbonyl (C=O) groups excluding carboxylic acids is 3. The molecule has 1 aliphatic rings. The molecule has 2 amide bonds. The number of aldehydes is 1. The van der Waals surface area contributed by atoms with Gasteiger partial charge in [0.1, 0.15) is 18.6 Å². The van der Waals surface area contributed by atoms with Crippen LogP contribution >= 0.6 is 0 Å². The first-order valence-corrected chi connectivity index (χ1v) is 6.30. The van der Waals surface area contributed by atoms with Gasteiger partial charge >= 0.3 is 0 Å². The van der Waals surface area contributed by atoms with Gasteiger partial charge in [0.15, 0.2) is 0 Å². The van der Waals surface area contributed by atoms with Crippen molar-refractivity contribution in [3.63, 3.8) is 0 Å². The normalized spacial score (nSPS) is 14.8. The Bertz CT molecular complexity index is 524. The minimum atomic E-state index is -0.251. The van der Waals surface area contributed by atoms with E-state index in [0.717, 1.165) is 0 Å². The van der Waals surface area contributed by atoms with Crippen molar-refractivity contribution in [1.82, 2.24) is 4.90 Å². The van der Waals surface area contributed by atoms with Gasteiger partial charge in [0.2, 0.25) is 11.8 Å². The molecule has 1 saturated heterocycles. The van der Waals surface area contributed by atoms with E-state index in [2.05, 4.69) is 0 Å². The number of likely N-dealkylation sites (tertiary alicyclic amines) is 1. The van der Waals surface area contributed by atoms with Crippen molar-refractivity contribution < 1.29 is 24.2 Å². The molecule has 0 spiro atoms. The molecule has 0 radical (unpaired) electrons. The Balaban J connectivity index is 1.95. The smallest absolute Gasteiger partial charge is 0.229 e. The average molecular weight is 277 g/mol. The summed E-state index contributed by atoms with van der Waals surface area (Å²) in [6.45, 7) is 0.0987. The number of rotatable bonds is 6. The van der Waals surface area contributed by atoms with Gasteiger partial charge in [-0.05, 0) is 18.2 Å². The van der Waals surface area contributed by atoms with Crippen LogP contribution in [-0.2, 0) is 16.2 Å². The second-order valence-electron chi connectivity index (χ2n) is 4.43. The molecule has 0 bridgehead atoms. The van der Waals surface area contributed by atoms with E-state index in [4.69, 9.17) is 4.74 Å². The number of ether oxygens (including phenoxy) is 1. The summed E-state index contributed by atoms with van der Waals surface area (Å²) in [5, 5.41) is 9.22. The number of benzene rings is 1. The Kier molecular flexibility index (Phi) is 4.47. The van der Waals surface area contributed by atoms with Crippen LogP contribution in [0.5, 0.6) is 5.75 Å². The van der Waals surface area contributed by atoms with Crippen LogP contribution in [-0.4, -0.2) is 41.3 Å². The molecular weight excluding hydrogens is 262 g/mol. The number of aliphatic hydroxyl groups excluding tert-OH is 1. The van der Waals surface area contributed by atoms with Gasteiger partial charge in [-0.2, -0.15) is 0 Å². The summed E-state index contributed by atoms with van der Waals surface area (Å²) in [4.78, 5) is 34.6. The maximum atomic E-state index is 11.4. The molecule has 0 saturated carbocycles. The summed E-state index contributed by atoms with van der Waals surface area (Å²) in [5.41, 5.74) is 0.944. The molecule has 0 aromatic heterocycles. The fraction of sp³-hybridized carbons (Fsp3) is 0.357. The van der Waals surface area contributed by atoms with E-state index in [-0.39, 0.29) is 44.4 Å². The largest absolute Gasteiger partial charge is 0.491 e. The summed E-state index contributed by atoms with van der Waals surface area (Å²) < 4.78 is 5.46. The van der Waals surface area contributed by atoms with Crippen molar-refractivity contribution in [2.75, 3.05) is 13.2 Å². The van der Waals surface area contributed by atoms with E-state index < -0.39 is 0 Å². The molecule has 2 rings (SSSR count). The first kappa shape index (κ1) is 14.2. The van der Waals surface area contributed by atoms with Crippen LogP contribution in [0.25, 0.3) is 0 Å². The van der Waals surface area contributed by atoms with Crippen molar-refractivity contribution in [3.05, 3.63) is 29.3 Å². The number of nitrogens with zero attached hydrogens (tertiary/aromatic N) is 1. The van der Waals surface area contributed by atoms with Crippen LogP contribution in [0.2, 0.25) is 0 Å². The Morgan fingerprint density at radius 2 is 1.95 bits per heavy atom. The molecule has 1 fully saturated rings. The van der Waals surface area contributed by atoms with Crippen LogP contribution in [0.4, 0.5) is 0 Å².